The summed E-state index contributed by atoms with van der Waals surface area (Å²) < 4.78 is 0. The quantitative estimate of drug-likeness (QED) is 0.235. The number of amides is 3. The molecule has 5 atom stereocenters. The number of aliphatic carboxylic acids is 2. The summed E-state index contributed by atoms with van der Waals surface area (Å²) in [5.41, 5.74) is 5.41. The number of carboxylic acid groups (broad SMARTS) is 2. The van der Waals surface area contributed by atoms with Crippen molar-refractivity contribution in [3.05, 3.63) is 0 Å². The van der Waals surface area contributed by atoms with E-state index in [2.05, 4.69) is 16.0 Å². The maximum Gasteiger partial charge on any atom is 0.326 e. The molecule has 0 heterocycles. The number of carbonyl (C=O) groups is 5. The first-order chi connectivity index (χ1) is 12.9. The second-order valence-corrected chi connectivity index (χ2v) is 6.72. The van der Waals surface area contributed by atoms with Gasteiger partial charge in [0.15, 0.2) is 0 Å². The van der Waals surface area contributed by atoms with E-state index in [-0.39, 0.29) is 12.3 Å². The molecule has 5 unspecified atom stereocenters. The topological polar surface area (TPSA) is 188 Å². The SMILES string of the molecule is CCC(C)C(NC(=O)C(CCC(=O)O)NC(=O)C(C)NC(=O)C(C)N)C(=O)O. The van der Waals surface area contributed by atoms with E-state index in [4.69, 9.17) is 10.8 Å². The molecule has 0 aliphatic heterocycles. The largest absolute Gasteiger partial charge is 0.481 e. The highest BCUT2D eigenvalue weighted by Gasteiger charge is 2.30. The second-order valence-electron chi connectivity index (χ2n) is 6.72. The van der Waals surface area contributed by atoms with Gasteiger partial charge in [0.05, 0.1) is 6.04 Å². The summed E-state index contributed by atoms with van der Waals surface area (Å²) in [6, 6.07) is -4.32. The van der Waals surface area contributed by atoms with Crippen molar-refractivity contribution in [1.29, 1.82) is 0 Å². The maximum atomic E-state index is 12.5. The van der Waals surface area contributed by atoms with Crippen LogP contribution in [0.5, 0.6) is 0 Å². The molecular formula is C17H30N4O7. The molecule has 0 bridgehead atoms. The Morgan fingerprint density at radius 1 is 0.893 bits per heavy atom. The van der Waals surface area contributed by atoms with Gasteiger partial charge in [0.25, 0.3) is 0 Å². The van der Waals surface area contributed by atoms with Gasteiger partial charge in [-0.25, -0.2) is 4.79 Å². The Kier molecular flexibility index (Phi) is 10.8. The molecule has 0 aromatic carbocycles. The van der Waals surface area contributed by atoms with E-state index in [1.54, 1.807) is 13.8 Å². The van der Waals surface area contributed by atoms with Gasteiger partial charge in [-0.15, -0.1) is 0 Å². The van der Waals surface area contributed by atoms with Crippen molar-refractivity contribution in [2.75, 3.05) is 0 Å². The highest BCUT2D eigenvalue weighted by atomic mass is 16.4. The van der Waals surface area contributed by atoms with E-state index in [0.717, 1.165) is 0 Å². The van der Waals surface area contributed by atoms with Gasteiger partial charge in [0, 0.05) is 6.42 Å². The van der Waals surface area contributed by atoms with Gasteiger partial charge in [0.1, 0.15) is 18.1 Å². The van der Waals surface area contributed by atoms with Gasteiger partial charge in [0.2, 0.25) is 17.7 Å². The van der Waals surface area contributed by atoms with Gasteiger partial charge in [-0.1, -0.05) is 20.3 Å². The molecule has 0 aliphatic rings. The summed E-state index contributed by atoms with van der Waals surface area (Å²) in [4.78, 5) is 58.6. The minimum absolute atomic E-state index is 0.242. The molecular weight excluding hydrogens is 372 g/mol. The van der Waals surface area contributed by atoms with Gasteiger partial charge in [-0.2, -0.15) is 0 Å². The van der Waals surface area contributed by atoms with Crippen molar-refractivity contribution in [3.63, 3.8) is 0 Å². The van der Waals surface area contributed by atoms with Crippen LogP contribution < -0.4 is 21.7 Å². The second kappa shape index (κ2) is 11.9. The minimum Gasteiger partial charge on any atom is -0.481 e. The third-order valence-electron chi connectivity index (χ3n) is 4.22. The molecule has 0 radical (unpaired) electrons. The Balaban J connectivity index is 5.21. The number of nitrogens with one attached hydrogen (secondary N) is 3. The molecule has 0 spiro atoms. The van der Waals surface area contributed by atoms with Gasteiger partial charge in [-0.3, -0.25) is 19.2 Å². The van der Waals surface area contributed by atoms with Crippen LogP contribution in [0, 0.1) is 5.92 Å². The van der Waals surface area contributed by atoms with Gasteiger partial charge < -0.3 is 31.9 Å². The molecule has 160 valence electrons. The summed E-state index contributed by atoms with van der Waals surface area (Å²) in [5.74, 6) is -4.90. The van der Waals surface area contributed by atoms with Crippen molar-refractivity contribution in [2.24, 2.45) is 11.7 Å². The molecule has 0 fully saturated rings. The minimum atomic E-state index is -1.27. The van der Waals surface area contributed by atoms with Crippen molar-refractivity contribution in [3.8, 4) is 0 Å². The lowest BCUT2D eigenvalue weighted by Gasteiger charge is -2.25. The van der Waals surface area contributed by atoms with E-state index in [0.29, 0.717) is 6.42 Å². The van der Waals surface area contributed by atoms with E-state index in [1.807, 2.05) is 0 Å². The van der Waals surface area contributed by atoms with Crippen molar-refractivity contribution < 1.29 is 34.2 Å². The fourth-order valence-electron chi connectivity index (χ4n) is 2.18. The van der Waals surface area contributed by atoms with Crippen LogP contribution >= 0.6 is 0 Å². The normalized spacial score (nSPS) is 16.0. The summed E-state index contributed by atoms with van der Waals surface area (Å²) in [6.07, 6.45) is -0.169. The molecule has 0 aliphatic carbocycles. The Hall–Kier alpha value is -2.69. The molecule has 0 aromatic heterocycles. The number of carboxylic acids is 2. The molecule has 7 N–H and O–H groups in total. The molecule has 28 heavy (non-hydrogen) atoms. The fourth-order valence-corrected chi connectivity index (χ4v) is 2.18. The highest BCUT2D eigenvalue weighted by molar-refractivity contribution is 5.94. The third-order valence-corrected chi connectivity index (χ3v) is 4.22. The monoisotopic (exact) mass is 402 g/mol. The van der Waals surface area contributed by atoms with Crippen LogP contribution in [0.25, 0.3) is 0 Å². The predicted molar refractivity (Wildman–Crippen MR) is 99.1 cm³/mol. The van der Waals surface area contributed by atoms with Crippen LogP contribution in [0.2, 0.25) is 0 Å². The fraction of sp³-hybridized carbons (Fsp3) is 0.706. The Morgan fingerprint density at radius 2 is 1.46 bits per heavy atom. The van der Waals surface area contributed by atoms with Crippen LogP contribution in [0.4, 0.5) is 0 Å². The molecule has 0 saturated heterocycles. The number of hydrogen-bond donors (Lipinski definition) is 6. The zero-order valence-corrected chi connectivity index (χ0v) is 16.5. The van der Waals surface area contributed by atoms with E-state index < -0.39 is 60.2 Å². The Labute approximate surface area is 163 Å². The zero-order chi connectivity index (χ0) is 22.0. The number of nitrogens with two attached hydrogens (primary N) is 1. The molecule has 0 rings (SSSR count). The average Bonchev–Trinajstić information content (AvgIpc) is 2.61. The highest BCUT2D eigenvalue weighted by Crippen LogP contribution is 2.09. The Morgan fingerprint density at radius 3 is 1.89 bits per heavy atom. The van der Waals surface area contributed by atoms with E-state index in [9.17, 15) is 29.1 Å². The lowest BCUT2D eigenvalue weighted by atomic mass is 9.98. The van der Waals surface area contributed by atoms with E-state index >= 15 is 0 Å². The number of hydrogen-bond acceptors (Lipinski definition) is 6. The molecule has 11 nitrogen and oxygen atoms in total. The molecule has 0 saturated carbocycles. The summed E-state index contributed by atoms with van der Waals surface area (Å²) >= 11 is 0. The lowest BCUT2D eigenvalue weighted by Crippen LogP contribution is -2.57. The smallest absolute Gasteiger partial charge is 0.326 e. The summed E-state index contributed by atoms with van der Waals surface area (Å²) in [7, 11) is 0. The third kappa shape index (κ3) is 8.80. The molecule has 11 heteroatoms. The van der Waals surface area contributed by atoms with Crippen molar-refractivity contribution in [2.45, 2.75) is 71.1 Å². The zero-order valence-electron chi connectivity index (χ0n) is 16.5. The van der Waals surface area contributed by atoms with Gasteiger partial charge >= 0.3 is 11.9 Å². The number of carbonyl (C=O) groups excluding carboxylic acids is 3. The van der Waals surface area contributed by atoms with Gasteiger partial charge in [-0.05, 0) is 26.2 Å². The van der Waals surface area contributed by atoms with Crippen molar-refractivity contribution >= 4 is 29.7 Å². The van der Waals surface area contributed by atoms with Crippen LogP contribution in [0.15, 0.2) is 0 Å². The standard InChI is InChI=1S/C17H30N4O7/c1-5-8(2)13(17(27)28)21-16(26)11(6-7-12(22)23)20-15(25)10(4)19-14(24)9(3)18/h8-11,13H,5-7,18H2,1-4H3,(H,19,24)(H,20,25)(H,21,26)(H,22,23)(H,27,28). The van der Waals surface area contributed by atoms with Crippen LogP contribution in [0.3, 0.4) is 0 Å². The van der Waals surface area contributed by atoms with Crippen LogP contribution in [-0.4, -0.2) is 64.0 Å². The molecule has 3 amide bonds. The maximum absolute atomic E-state index is 12.5. The van der Waals surface area contributed by atoms with Crippen molar-refractivity contribution in [1.82, 2.24) is 16.0 Å². The average molecular weight is 402 g/mol. The van der Waals surface area contributed by atoms with E-state index in [1.165, 1.54) is 13.8 Å². The lowest BCUT2D eigenvalue weighted by molar-refractivity contribution is -0.144. The summed E-state index contributed by atoms with van der Waals surface area (Å²) in [6.45, 7) is 6.22. The number of rotatable bonds is 12. The van der Waals surface area contributed by atoms with Crippen LogP contribution in [0.1, 0.15) is 47.0 Å². The first kappa shape index (κ1) is 25.3. The summed E-state index contributed by atoms with van der Waals surface area (Å²) in [5, 5.41) is 25.2. The predicted octanol–water partition coefficient (Wildman–Crippen LogP) is -1.20. The van der Waals surface area contributed by atoms with Crippen LogP contribution in [-0.2, 0) is 24.0 Å². The first-order valence-corrected chi connectivity index (χ1v) is 9.01. The Bertz CT molecular complexity index is 594. The molecule has 0 aromatic rings. The first-order valence-electron chi connectivity index (χ1n) is 9.01.